The Balaban J connectivity index is 0.000000352. The fourth-order valence-corrected chi connectivity index (χ4v) is 11.7. The number of aromatic nitrogens is 4. The average molecular weight is 1170 g/mol. The molecule has 2 unspecified atom stereocenters. The molecule has 2 aromatic heterocycles. The van der Waals surface area contributed by atoms with Crippen LogP contribution in [-0.4, -0.2) is 208 Å². The largest absolute Gasteiger partial charge is 0.481 e. The molecule has 3 aromatic carbocycles. The minimum Gasteiger partial charge on any atom is -0.481 e. The van der Waals surface area contributed by atoms with E-state index in [1.807, 2.05) is 45.2 Å². The van der Waals surface area contributed by atoms with Crippen molar-refractivity contribution < 1.29 is 33.5 Å². The number of nitrogens with one attached hydrogen (secondary N) is 2. The van der Waals surface area contributed by atoms with Crippen LogP contribution in [0.3, 0.4) is 0 Å². The summed E-state index contributed by atoms with van der Waals surface area (Å²) in [6, 6.07) is 20.0. The topological polar surface area (TPSA) is 212 Å². The molecule has 0 spiro atoms. The van der Waals surface area contributed by atoms with Gasteiger partial charge in [-0.05, 0) is 118 Å². The highest BCUT2D eigenvalue weighted by atomic mass is 19.1. The molecule has 5 aromatic rings. The molecule has 2 atom stereocenters. The third kappa shape index (κ3) is 20.1. The van der Waals surface area contributed by atoms with Crippen LogP contribution in [0.1, 0.15) is 135 Å². The molecule has 19 nitrogen and oxygen atoms in total. The molecule has 4 saturated heterocycles. The van der Waals surface area contributed by atoms with Crippen molar-refractivity contribution in [2.75, 3.05) is 118 Å². The van der Waals surface area contributed by atoms with Crippen LogP contribution < -0.4 is 10.9 Å². The SMILES string of the molecule is C.CCC(=O)O.CCCC(C)CNCC.CN1CCCC(c2cccc(C(=O)N3CCC(CN4CCN(CC(=O)N5CCN(C(=O)c6cc(Cc7n[nH]c(=O)c8ccccc78)ccc6F)CC5)CC4)CC3)c2)C1.O=CCN1Cc2cncnc2C1. The minimum atomic E-state index is -0.745. The van der Waals surface area contributed by atoms with Crippen LogP contribution in [0.4, 0.5) is 4.39 Å². The van der Waals surface area contributed by atoms with Crippen molar-refractivity contribution in [3.8, 4) is 0 Å². The van der Waals surface area contributed by atoms with Gasteiger partial charge in [0, 0.05) is 127 Å². The number of aldehydes is 1. The van der Waals surface area contributed by atoms with Crippen molar-refractivity contribution in [1.29, 1.82) is 0 Å². The van der Waals surface area contributed by atoms with Crippen molar-refractivity contribution in [2.24, 2.45) is 11.8 Å². The van der Waals surface area contributed by atoms with Crippen molar-refractivity contribution in [2.45, 2.75) is 105 Å². The number of piperazine rings is 2. The maximum absolute atomic E-state index is 15.0. The number of fused-ring (bicyclic) bond motifs is 2. The van der Waals surface area contributed by atoms with Gasteiger partial charge in [-0.15, -0.1) is 0 Å². The first-order valence-corrected chi connectivity index (χ1v) is 30.4. The second kappa shape index (κ2) is 34.3. The van der Waals surface area contributed by atoms with Crippen LogP contribution in [0.25, 0.3) is 10.8 Å². The number of piperidine rings is 2. The number of carboxylic acids is 1. The average Bonchev–Trinajstić information content (AvgIpc) is 4.16. The second-order valence-electron chi connectivity index (χ2n) is 23.0. The van der Waals surface area contributed by atoms with E-state index in [0.29, 0.717) is 79.6 Å². The molecule has 5 aliphatic rings. The first-order valence-electron chi connectivity index (χ1n) is 30.4. The Kier molecular flexibility index (Phi) is 27.2. The molecule has 0 radical (unpaired) electrons. The lowest BCUT2D eigenvalue weighted by Gasteiger charge is -2.40. The molecule has 20 heteroatoms. The molecule has 3 amide bonds. The van der Waals surface area contributed by atoms with Gasteiger partial charge in [-0.1, -0.05) is 77.9 Å². The van der Waals surface area contributed by atoms with Gasteiger partial charge in [-0.25, -0.2) is 19.5 Å². The summed E-state index contributed by atoms with van der Waals surface area (Å²) in [6.07, 6.45) is 11.9. The number of carbonyl (C=O) groups excluding carboxylic acids is 4. The van der Waals surface area contributed by atoms with Crippen LogP contribution in [0.15, 0.2) is 84.0 Å². The van der Waals surface area contributed by atoms with Gasteiger partial charge in [0.15, 0.2) is 0 Å². The summed E-state index contributed by atoms with van der Waals surface area (Å²) < 4.78 is 15.0. The maximum atomic E-state index is 15.0. The molecule has 0 aliphatic carbocycles. The zero-order valence-electron chi connectivity index (χ0n) is 50.2. The van der Waals surface area contributed by atoms with Gasteiger partial charge in [0.2, 0.25) is 5.91 Å². The number of likely N-dealkylation sites (tertiary alicyclic amines) is 2. The smallest absolute Gasteiger partial charge is 0.303 e. The Morgan fingerprint density at radius 1 is 0.812 bits per heavy atom. The van der Waals surface area contributed by atoms with E-state index in [-0.39, 0.29) is 36.8 Å². The fourth-order valence-electron chi connectivity index (χ4n) is 11.7. The van der Waals surface area contributed by atoms with Gasteiger partial charge in [0.25, 0.3) is 17.4 Å². The van der Waals surface area contributed by atoms with E-state index in [4.69, 9.17) is 5.11 Å². The predicted octanol–water partition coefficient (Wildman–Crippen LogP) is 7.06. The minimum absolute atomic E-state index is 0. The third-order valence-electron chi connectivity index (χ3n) is 16.6. The van der Waals surface area contributed by atoms with E-state index in [0.717, 1.165) is 120 Å². The Hall–Kier alpha value is -6.84. The normalized spacial score (nSPS) is 18.1. The molecule has 7 heterocycles. The second-order valence-corrected chi connectivity index (χ2v) is 23.0. The zero-order valence-corrected chi connectivity index (χ0v) is 50.2. The van der Waals surface area contributed by atoms with Gasteiger partial charge in [0.05, 0.1) is 35.4 Å². The number of halogens is 1. The Labute approximate surface area is 502 Å². The summed E-state index contributed by atoms with van der Waals surface area (Å²) in [5, 5.41) is 19.1. The Bertz CT molecular complexity index is 2970. The number of hydrogen-bond acceptors (Lipinski definition) is 14. The van der Waals surface area contributed by atoms with Crippen LogP contribution in [0.5, 0.6) is 0 Å². The molecule has 3 N–H and O–H groups in total. The van der Waals surface area contributed by atoms with E-state index in [1.54, 1.807) is 42.4 Å². The monoisotopic (exact) mass is 1170 g/mol. The molecule has 5 aliphatic heterocycles. The number of nitrogens with zero attached hydrogens (tertiary/aromatic N) is 10. The lowest BCUT2D eigenvalue weighted by atomic mass is 9.89. The van der Waals surface area contributed by atoms with Gasteiger partial charge in [0.1, 0.15) is 18.4 Å². The van der Waals surface area contributed by atoms with Gasteiger partial charge in [-0.2, -0.15) is 5.10 Å². The van der Waals surface area contributed by atoms with E-state index in [9.17, 15) is 28.8 Å². The van der Waals surface area contributed by atoms with Crippen molar-refractivity contribution >= 4 is 40.7 Å². The number of hydrogen-bond donors (Lipinski definition) is 3. The summed E-state index contributed by atoms with van der Waals surface area (Å²) in [5.41, 5.74) is 5.35. The lowest BCUT2D eigenvalue weighted by molar-refractivity contribution is -0.136. The number of aliphatic carboxylic acids is 1. The lowest BCUT2D eigenvalue weighted by Crippen LogP contribution is -2.55. The number of H-pyrrole nitrogens is 1. The van der Waals surface area contributed by atoms with Crippen LogP contribution in [0, 0.1) is 17.7 Å². The summed E-state index contributed by atoms with van der Waals surface area (Å²) in [5.74, 6) is 0.392. The third-order valence-corrected chi connectivity index (χ3v) is 16.6. The van der Waals surface area contributed by atoms with E-state index < -0.39 is 17.7 Å². The zero-order chi connectivity index (χ0) is 60.0. The molecular weight excluding hydrogens is 1080 g/mol. The number of benzene rings is 3. The molecule has 10 rings (SSSR count). The first kappa shape index (κ1) is 67.3. The molecule has 462 valence electrons. The van der Waals surface area contributed by atoms with Gasteiger partial charge in [-0.3, -0.25) is 33.8 Å². The van der Waals surface area contributed by atoms with Gasteiger partial charge < -0.3 is 39.7 Å². The molecule has 0 saturated carbocycles. The Morgan fingerprint density at radius 3 is 2.18 bits per heavy atom. The van der Waals surface area contributed by atoms with Crippen molar-refractivity contribution in [1.82, 2.24) is 59.8 Å². The highest BCUT2D eigenvalue weighted by Gasteiger charge is 2.31. The number of likely N-dealkylation sites (N-methyl/N-ethyl adjacent to an activating group) is 1. The van der Waals surface area contributed by atoms with Crippen molar-refractivity contribution in [3.63, 3.8) is 0 Å². The number of amides is 3. The highest BCUT2D eigenvalue weighted by molar-refractivity contribution is 5.95. The number of rotatable bonds is 17. The standard InChI is InChI=1S/C45H55FN8O4.C8H9N3O.C8H19N.C3H6O2.CH4/c1-49-15-5-8-36(30-49)34-6-4-7-35(28-34)44(57)53-16-13-32(14-17-53)29-50-18-20-51(21-19-50)31-42(55)52-22-24-54(25-23-52)45(58)39-26-33(11-12-40(39)46)27-41-37-9-2-3-10-38(37)43(56)48-47-41;12-2-1-11-4-7-3-9-6-10-8(7)5-11;1-4-6-8(3)7-9-5-2;1-2-3(4)5;/h2-4,6-7,9-12,26,28,32,36H,5,8,13-25,27,29-31H2,1H3,(H,48,56);2-3,6H,1,4-5H2;8-9H,4-7H2,1-3H3;2H2,1H3,(H,4,5);1H4. The number of aromatic amines is 1. The van der Waals surface area contributed by atoms with E-state index >= 15 is 4.39 Å². The molecule has 4 fully saturated rings. The molecule has 0 bridgehead atoms. The quantitative estimate of drug-likeness (QED) is 0.0796. The highest BCUT2D eigenvalue weighted by Crippen LogP contribution is 2.29. The van der Waals surface area contributed by atoms with Crippen molar-refractivity contribution in [3.05, 3.63) is 135 Å². The van der Waals surface area contributed by atoms with Gasteiger partial charge >= 0.3 is 5.97 Å². The van der Waals surface area contributed by atoms with Crippen LogP contribution in [0.2, 0.25) is 0 Å². The summed E-state index contributed by atoms with van der Waals surface area (Å²) in [4.78, 5) is 94.8. The van der Waals surface area contributed by atoms with Crippen LogP contribution >= 0.6 is 0 Å². The molecular formula is C65H93FN12O7. The summed E-state index contributed by atoms with van der Waals surface area (Å²) >= 11 is 0. The maximum Gasteiger partial charge on any atom is 0.303 e. The van der Waals surface area contributed by atoms with Crippen LogP contribution in [-0.2, 0) is 33.9 Å². The number of carbonyl (C=O) groups is 5. The summed E-state index contributed by atoms with van der Waals surface area (Å²) in [6.45, 7) is 22.8. The number of carboxylic acid groups (broad SMARTS) is 1. The first-order chi connectivity index (χ1) is 40.7. The fraction of sp³-hybridized carbons (Fsp3) is 0.554. The van der Waals surface area contributed by atoms with E-state index in [1.165, 1.54) is 43.9 Å². The predicted molar refractivity (Wildman–Crippen MR) is 331 cm³/mol. The molecule has 85 heavy (non-hydrogen) atoms. The van der Waals surface area contributed by atoms with E-state index in [2.05, 4.69) is 80.1 Å². The summed E-state index contributed by atoms with van der Waals surface area (Å²) in [7, 11) is 2.18. The Morgan fingerprint density at radius 2 is 1.51 bits per heavy atom.